The first kappa shape index (κ1) is 18.9. The van der Waals surface area contributed by atoms with Crippen LogP contribution in [0, 0.1) is 0 Å². The van der Waals surface area contributed by atoms with E-state index in [1.54, 1.807) is 0 Å². The number of rotatable bonds is 12. The van der Waals surface area contributed by atoms with E-state index >= 15 is 0 Å². The highest BCUT2D eigenvalue weighted by atomic mass is 32.3. The average molecular weight is 338 g/mol. The zero-order valence-electron chi connectivity index (χ0n) is 13.1. The van der Waals surface area contributed by atoms with Crippen LogP contribution in [-0.4, -0.2) is 20.1 Å². The lowest BCUT2D eigenvalue weighted by molar-refractivity contribution is -0.237. The molecule has 0 bridgehead atoms. The van der Waals surface area contributed by atoms with E-state index in [1.807, 2.05) is 0 Å². The Bertz CT molecular complexity index is 430. The zero-order chi connectivity index (χ0) is 16.3. The summed E-state index contributed by atoms with van der Waals surface area (Å²) in [7, 11) is -4.33. The maximum Gasteiger partial charge on any atom is 0.488 e. The van der Waals surface area contributed by atoms with Gasteiger partial charge in [-0.3, -0.25) is 4.89 Å². The lowest BCUT2D eigenvalue weighted by Gasteiger charge is -2.15. The first-order valence-electron chi connectivity index (χ1n) is 7.92. The Balaban J connectivity index is 1.96. The third-order valence-corrected chi connectivity index (χ3v) is 3.88. The van der Waals surface area contributed by atoms with Crippen LogP contribution in [0.15, 0.2) is 11.9 Å². The first-order valence-corrected chi connectivity index (χ1v) is 9.25. The predicted molar refractivity (Wildman–Crippen MR) is 79.6 cm³/mol. The Hall–Kier alpha value is -1.15. The minimum absolute atomic E-state index is 0.294. The molecule has 130 valence electrons. The summed E-state index contributed by atoms with van der Waals surface area (Å²) >= 11 is 0. The van der Waals surface area contributed by atoms with E-state index in [0.717, 1.165) is 19.3 Å². The third-order valence-electron chi connectivity index (χ3n) is 3.28. The number of aliphatic hydroxyl groups excluding tert-OH is 1. The van der Waals surface area contributed by atoms with Crippen molar-refractivity contribution < 1.29 is 31.7 Å². The van der Waals surface area contributed by atoms with Crippen LogP contribution in [-0.2, 0) is 28.5 Å². The normalized spacial score (nSPS) is 17.0. The Morgan fingerprint density at radius 2 is 1.50 bits per heavy atom. The Labute approximate surface area is 132 Å². The molecule has 7 nitrogen and oxygen atoms in total. The predicted octanol–water partition coefficient (Wildman–Crippen LogP) is 3.83. The van der Waals surface area contributed by atoms with Crippen LogP contribution in [0.25, 0.3) is 0 Å². The van der Waals surface area contributed by atoms with E-state index in [-0.39, 0.29) is 0 Å². The Morgan fingerprint density at radius 1 is 0.955 bits per heavy atom. The molecule has 22 heavy (non-hydrogen) atoms. The number of ether oxygens (including phenoxy) is 1. The van der Waals surface area contributed by atoms with Gasteiger partial charge in [-0.2, -0.15) is 8.42 Å². The number of aliphatic hydroxyl groups is 1. The molecular formula is C14H26O7S. The molecule has 0 fully saturated rings. The second-order valence-electron chi connectivity index (χ2n) is 5.27. The van der Waals surface area contributed by atoms with E-state index in [9.17, 15) is 13.5 Å². The van der Waals surface area contributed by atoms with E-state index < -0.39 is 22.3 Å². The fourth-order valence-corrected chi connectivity index (χ4v) is 2.53. The molecule has 1 aliphatic rings. The van der Waals surface area contributed by atoms with E-state index in [2.05, 4.69) is 20.3 Å². The summed E-state index contributed by atoms with van der Waals surface area (Å²) in [5.74, 6) is -1.41. The second-order valence-corrected chi connectivity index (χ2v) is 6.39. The molecule has 8 heteroatoms. The lowest BCUT2D eigenvalue weighted by atomic mass is 10.1. The maximum absolute atomic E-state index is 10.7. The van der Waals surface area contributed by atoms with Gasteiger partial charge < -0.3 is 14.0 Å². The van der Waals surface area contributed by atoms with E-state index in [0.29, 0.717) is 6.61 Å². The second kappa shape index (κ2) is 10.6. The fraction of sp³-hybridized carbons (Fsp3) is 0.857. The quantitative estimate of drug-likeness (QED) is 0.427. The van der Waals surface area contributed by atoms with Crippen molar-refractivity contribution in [2.75, 3.05) is 6.61 Å². The minimum atomic E-state index is -4.33. The van der Waals surface area contributed by atoms with Gasteiger partial charge in [0.05, 0.1) is 6.61 Å². The van der Waals surface area contributed by atoms with E-state index in [1.165, 1.54) is 44.9 Å². The van der Waals surface area contributed by atoms with Gasteiger partial charge in [0.25, 0.3) is 0 Å². The van der Waals surface area contributed by atoms with Gasteiger partial charge in [0.2, 0.25) is 0 Å². The van der Waals surface area contributed by atoms with Crippen molar-refractivity contribution in [1.82, 2.24) is 0 Å². The molecule has 0 aromatic heterocycles. The van der Waals surface area contributed by atoms with Crippen LogP contribution in [0.5, 0.6) is 0 Å². The van der Waals surface area contributed by atoms with Crippen LogP contribution in [0.4, 0.5) is 0 Å². The number of hydrogen-bond donors (Lipinski definition) is 1. The van der Waals surface area contributed by atoms with Crippen molar-refractivity contribution in [3.05, 3.63) is 11.9 Å². The van der Waals surface area contributed by atoms with Gasteiger partial charge in [-0.15, -0.1) is 0 Å². The molecular weight excluding hydrogens is 312 g/mol. The molecule has 0 atom stereocenters. The van der Waals surface area contributed by atoms with Crippen LogP contribution in [0.1, 0.15) is 71.1 Å². The molecule has 1 heterocycles. The molecule has 0 unspecified atom stereocenters. The molecule has 1 N–H and O–H groups in total. The summed E-state index contributed by atoms with van der Waals surface area (Å²) < 4.78 is 34.5. The van der Waals surface area contributed by atoms with Crippen molar-refractivity contribution in [3.8, 4) is 0 Å². The molecule has 0 saturated carbocycles. The SMILES string of the molecule is CCCCCCCCCCCCOC1=C(O)OS(=O)(=O)OO1. The summed E-state index contributed by atoms with van der Waals surface area (Å²) in [5.41, 5.74) is 0. The zero-order valence-corrected chi connectivity index (χ0v) is 13.9. The molecule has 1 rings (SSSR count). The molecule has 0 aliphatic carbocycles. The number of hydrogen-bond acceptors (Lipinski definition) is 7. The average Bonchev–Trinajstić information content (AvgIpc) is 2.46. The number of unbranched alkanes of at least 4 members (excludes halogenated alkanes) is 9. The minimum Gasteiger partial charge on any atom is -0.475 e. The monoisotopic (exact) mass is 338 g/mol. The van der Waals surface area contributed by atoms with Crippen molar-refractivity contribution in [1.29, 1.82) is 0 Å². The smallest absolute Gasteiger partial charge is 0.475 e. The van der Waals surface area contributed by atoms with Gasteiger partial charge in [0.1, 0.15) is 0 Å². The third kappa shape index (κ3) is 8.33. The first-order chi connectivity index (χ1) is 10.5. The highest BCUT2D eigenvalue weighted by Crippen LogP contribution is 2.19. The van der Waals surface area contributed by atoms with Crippen molar-refractivity contribution >= 4 is 10.4 Å². The van der Waals surface area contributed by atoms with Crippen LogP contribution >= 0.6 is 0 Å². The van der Waals surface area contributed by atoms with Crippen molar-refractivity contribution in [3.63, 3.8) is 0 Å². The molecule has 1 aliphatic heterocycles. The van der Waals surface area contributed by atoms with E-state index in [4.69, 9.17) is 4.74 Å². The van der Waals surface area contributed by atoms with Gasteiger partial charge in [0, 0.05) is 0 Å². The Morgan fingerprint density at radius 3 is 2.05 bits per heavy atom. The van der Waals surface area contributed by atoms with Gasteiger partial charge in [-0.25, -0.2) is 0 Å². The Kier molecular flexibility index (Phi) is 9.07. The van der Waals surface area contributed by atoms with Crippen LogP contribution in [0.3, 0.4) is 0 Å². The van der Waals surface area contributed by atoms with Crippen molar-refractivity contribution in [2.45, 2.75) is 71.1 Å². The van der Waals surface area contributed by atoms with Gasteiger partial charge >= 0.3 is 22.3 Å². The standard InChI is InChI=1S/C14H26O7S/c1-2-3-4-5-6-7-8-9-10-11-12-18-14-13(15)20-22(16,17)21-19-14/h15H,2-12H2,1H3. The lowest BCUT2D eigenvalue weighted by Crippen LogP contribution is -2.19. The summed E-state index contributed by atoms with van der Waals surface area (Å²) in [5, 5.41) is 9.21. The summed E-state index contributed by atoms with van der Waals surface area (Å²) in [4.78, 5) is 4.29. The van der Waals surface area contributed by atoms with Crippen LogP contribution < -0.4 is 0 Å². The maximum atomic E-state index is 10.7. The molecule has 0 aromatic carbocycles. The largest absolute Gasteiger partial charge is 0.488 e. The summed E-state index contributed by atoms with van der Waals surface area (Å²) in [6.45, 7) is 2.51. The van der Waals surface area contributed by atoms with Gasteiger partial charge in [-0.05, 0) is 10.8 Å². The van der Waals surface area contributed by atoms with Gasteiger partial charge in [-0.1, -0.05) is 64.7 Å². The van der Waals surface area contributed by atoms with Crippen LogP contribution in [0.2, 0.25) is 0 Å². The molecule has 0 spiro atoms. The van der Waals surface area contributed by atoms with Crippen molar-refractivity contribution in [2.24, 2.45) is 0 Å². The van der Waals surface area contributed by atoms with Gasteiger partial charge in [0.15, 0.2) is 0 Å². The summed E-state index contributed by atoms with van der Waals surface area (Å²) in [6, 6.07) is 0. The topological polar surface area (TPSA) is 91.3 Å². The highest BCUT2D eigenvalue weighted by molar-refractivity contribution is 7.81. The molecule has 0 amide bonds. The molecule has 0 saturated heterocycles. The molecule has 0 aromatic rings. The molecule has 0 radical (unpaired) electrons. The fourth-order valence-electron chi connectivity index (χ4n) is 2.09. The summed E-state index contributed by atoms with van der Waals surface area (Å²) in [6.07, 6.45) is 12.0. The highest BCUT2D eigenvalue weighted by Gasteiger charge is 2.30.